The van der Waals surface area contributed by atoms with Crippen molar-refractivity contribution in [3.05, 3.63) is 29.3 Å². The van der Waals surface area contributed by atoms with Gasteiger partial charge in [-0.05, 0) is 26.1 Å². The lowest BCUT2D eigenvalue weighted by atomic mass is 10.1. The molecule has 5 nitrogen and oxygen atoms in total. The number of anilines is 1. The van der Waals surface area contributed by atoms with Gasteiger partial charge >= 0.3 is 5.97 Å². The molecule has 17 heavy (non-hydrogen) atoms. The van der Waals surface area contributed by atoms with Crippen LogP contribution in [-0.2, 0) is 4.79 Å². The molecule has 0 atom stereocenters. The number of benzene rings is 1. The van der Waals surface area contributed by atoms with Gasteiger partial charge in [-0.1, -0.05) is 11.6 Å². The Bertz CT molecular complexity index is 430. The van der Waals surface area contributed by atoms with E-state index in [1.165, 1.54) is 6.07 Å². The fourth-order valence-electron chi connectivity index (χ4n) is 1.40. The maximum Gasteiger partial charge on any atom is 0.337 e. The molecule has 0 radical (unpaired) electrons. The van der Waals surface area contributed by atoms with Crippen LogP contribution in [0.3, 0.4) is 0 Å². The molecule has 0 aliphatic heterocycles. The highest BCUT2D eigenvalue weighted by Gasteiger charge is 2.12. The molecule has 0 fully saturated rings. The van der Waals surface area contributed by atoms with Gasteiger partial charge in [0, 0.05) is 13.0 Å². The monoisotopic (exact) mass is 236 g/mol. The van der Waals surface area contributed by atoms with Crippen molar-refractivity contribution < 1.29 is 14.7 Å². The summed E-state index contributed by atoms with van der Waals surface area (Å²) in [6, 6.07) is 4.91. The van der Waals surface area contributed by atoms with Crippen LogP contribution in [0, 0.1) is 6.92 Å². The average molecular weight is 236 g/mol. The number of hydrogen-bond donors (Lipinski definition) is 3. The SMILES string of the molecule is CNCCC(=O)Nc1ccc(C)cc1C(=O)O. The minimum Gasteiger partial charge on any atom is -0.478 e. The lowest BCUT2D eigenvalue weighted by Crippen LogP contribution is -2.20. The largest absolute Gasteiger partial charge is 0.478 e. The zero-order chi connectivity index (χ0) is 12.8. The Kier molecular flexibility index (Phi) is 4.66. The molecule has 0 aromatic heterocycles. The number of carboxylic acids is 1. The van der Waals surface area contributed by atoms with E-state index in [1.54, 1.807) is 26.1 Å². The summed E-state index contributed by atoms with van der Waals surface area (Å²) in [6.07, 6.45) is 0.309. The molecule has 1 rings (SSSR count). The highest BCUT2D eigenvalue weighted by Crippen LogP contribution is 2.17. The number of aromatic carboxylic acids is 1. The van der Waals surface area contributed by atoms with E-state index < -0.39 is 5.97 Å². The third-order valence-electron chi connectivity index (χ3n) is 2.28. The number of carbonyl (C=O) groups excluding carboxylic acids is 1. The van der Waals surface area contributed by atoms with E-state index in [0.717, 1.165) is 5.56 Å². The van der Waals surface area contributed by atoms with Gasteiger partial charge in [0.1, 0.15) is 0 Å². The van der Waals surface area contributed by atoms with Crippen LogP contribution in [0.25, 0.3) is 0 Å². The number of rotatable bonds is 5. The van der Waals surface area contributed by atoms with Gasteiger partial charge in [0.15, 0.2) is 0 Å². The summed E-state index contributed by atoms with van der Waals surface area (Å²) < 4.78 is 0. The van der Waals surface area contributed by atoms with E-state index in [0.29, 0.717) is 18.7 Å². The van der Waals surface area contributed by atoms with Crippen molar-refractivity contribution in [3.63, 3.8) is 0 Å². The first kappa shape index (κ1) is 13.2. The molecule has 92 valence electrons. The minimum absolute atomic E-state index is 0.114. The molecule has 0 spiro atoms. The zero-order valence-corrected chi connectivity index (χ0v) is 9.91. The summed E-state index contributed by atoms with van der Waals surface area (Å²) >= 11 is 0. The quantitative estimate of drug-likeness (QED) is 0.718. The topological polar surface area (TPSA) is 78.4 Å². The van der Waals surface area contributed by atoms with E-state index in [-0.39, 0.29) is 11.5 Å². The Balaban J connectivity index is 2.83. The molecule has 0 bridgehead atoms. The van der Waals surface area contributed by atoms with Crippen molar-refractivity contribution in [1.82, 2.24) is 5.32 Å². The van der Waals surface area contributed by atoms with Gasteiger partial charge < -0.3 is 15.7 Å². The van der Waals surface area contributed by atoms with Crippen LogP contribution in [0.2, 0.25) is 0 Å². The van der Waals surface area contributed by atoms with E-state index in [4.69, 9.17) is 5.11 Å². The van der Waals surface area contributed by atoms with Crippen molar-refractivity contribution in [2.45, 2.75) is 13.3 Å². The molecule has 0 saturated carbocycles. The second-order valence-corrected chi connectivity index (χ2v) is 3.76. The third-order valence-corrected chi connectivity index (χ3v) is 2.28. The second kappa shape index (κ2) is 6.00. The van der Waals surface area contributed by atoms with Crippen molar-refractivity contribution in [3.8, 4) is 0 Å². The molecule has 0 saturated heterocycles. The van der Waals surface area contributed by atoms with Crippen LogP contribution in [0.4, 0.5) is 5.69 Å². The number of nitrogens with one attached hydrogen (secondary N) is 2. The smallest absolute Gasteiger partial charge is 0.337 e. The molecule has 0 aliphatic rings. The lowest BCUT2D eigenvalue weighted by Gasteiger charge is -2.09. The standard InChI is InChI=1S/C12H16N2O3/c1-8-3-4-10(9(7-8)12(16)17)14-11(15)5-6-13-2/h3-4,7,13H,5-6H2,1-2H3,(H,14,15)(H,16,17). The Hall–Kier alpha value is -1.88. The van der Waals surface area contributed by atoms with Crippen LogP contribution >= 0.6 is 0 Å². The van der Waals surface area contributed by atoms with Crippen LogP contribution in [0.15, 0.2) is 18.2 Å². The number of aryl methyl sites for hydroxylation is 1. The summed E-state index contributed by atoms with van der Waals surface area (Å²) in [7, 11) is 1.75. The minimum atomic E-state index is -1.04. The molecule has 3 N–H and O–H groups in total. The summed E-state index contributed by atoms with van der Waals surface area (Å²) in [5.74, 6) is -1.25. The highest BCUT2D eigenvalue weighted by molar-refractivity contribution is 6.00. The summed E-state index contributed by atoms with van der Waals surface area (Å²) in [5.41, 5.74) is 1.29. The molecule has 0 aliphatic carbocycles. The van der Waals surface area contributed by atoms with Crippen molar-refractivity contribution in [1.29, 1.82) is 0 Å². The Labute approximate surface area is 99.8 Å². The van der Waals surface area contributed by atoms with Crippen LogP contribution < -0.4 is 10.6 Å². The Morgan fingerprint density at radius 2 is 2.06 bits per heavy atom. The maximum absolute atomic E-state index is 11.5. The molecule has 1 amide bonds. The maximum atomic E-state index is 11.5. The summed E-state index contributed by atoms with van der Waals surface area (Å²) in [5, 5.41) is 14.5. The predicted molar refractivity (Wildman–Crippen MR) is 65.3 cm³/mol. The third kappa shape index (κ3) is 3.88. The van der Waals surface area contributed by atoms with Crippen LogP contribution in [0.5, 0.6) is 0 Å². The van der Waals surface area contributed by atoms with Gasteiger partial charge in [0.05, 0.1) is 11.3 Å². The molecular formula is C12H16N2O3. The lowest BCUT2D eigenvalue weighted by molar-refractivity contribution is -0.116. The van der Waals surface area contributed by atoms with Gasteiger partial charge in [-0.3, -0.25) is 4.79 Å². The fraction of sp³-hybridized carbons (Fsp3) is 0.333. The van der Waals surface area contributed by atoms with E-state index >= 15 is 0 Å². The van der Waals surface area contributed by atoms with Crippen molar-refractivity contribution in [2.24, 2.45) is 0 Å². The second-order valence-electron chi connectivity index (χ2n) is 3.76. The molecule has 5 heteroatoms. The molecule has 1 aromatic rings. The zero-order valence-electron chi connectivity index (χ0n) is 9.91. The fourth-order valence-corrected chi connectivity index (χ4v) is 1.40. The number of amides is 1. The van der Waals surface area contributed by atoms with E-state index in [1.807, 2.05) is 0 Å². The first-order chi connectivity index (χ1) is 8.04. The normalized spacial score (nSPS) is 10.0. The molecule has 0 unspecified atom stereocenters. The highest BCUT2D eigenvalue weighted by atomic mass is 16.4. The number of hydrogen-bond acceptors (Lipinski definition) is 3. The van der Waals surface area contributed by atoms with Gasteiger partial charge in [-0.2, -0.15) is 0 Å². The molecule has 0 heterocycles. The van der Waals surface area contributed by atoms with Gasteiger partial charge in [-0.25, -0.2) is 4.79 Å². The molecular weight excluding hydrogens is 220 g/mol. The van der Waals surface area contributed by atoms with Gasteiger partial charge in [-0.15, -0.1) is 0 Å². The van der Waals surface area contributed by atoms with Gasteiger partial charge in [0.2, 0.25) is 5.91 Å². The Morgan fingerprint density at radius 1 is 1.35 bits per heavy atom. The summed E-state index contributed by atoms with van der Waals surface area (Å²) in [6.45, 7) is 2.36. The molecule has 1 aromatic carbocycles. The van der Waals surface area contributed by atoms with E-state index in [2.05, 4.69) is 10.6 Å². The van der Waals surface area contributed by atoms with Crippen LogP contribution in [0.1, 0.15) is 22.3 Å². The summed E-state index contributed by atoms with van der Waals surface area (Å²) in [4.78, 5) is 22.5. The average Bonchev–Trinajstić information content (AvgIpc) is 2.28. The predicted octanol–water partition coefficient (Wildman–Crippen LogP) is 1.24. The van der Waals surface area contributed by atoms with Gasteiger partial charge in [0.25, 0.3) is 0 Å². The number of carbonyl (C=O) groups is 2. The number of carboxylic acid groups (broad SMARTS) is 1. The van der Waals surface area contributed by atoms with E-state index in [9.17, 15) is 9.59 Å². The first-order valence-corrected chi connectivity index (χ1v) is 5.33. The van der Waals surface area contributed by atoms with Crippen molar-refractivity contribution >= 4 is 17.6 Å². The Morgan fingerprint density at radius 3 is 2.65 bits per heavy atom. The first-order valence-electron chi connectivity index (χ1n) is 5.33. The van der Waals surface area contributed by atoms with Crippen molar-refractivity contribution in [2.75, 3.05) is 18.9 Å². The van der Waals surface area contributed by atoms with Crippen LogP contribution in [-0.4, -0.2) is 30.6 Å².